The van der Waals surface area contributed by atoms with Crippen LogP contribution in [0.25, 0.3) is 11.4 Å². The Morgan fingerprint density at radius 3 is 2.42 bits per heavy atom. The highest BCUT2D eigenvalue weighted by atomic mass is 16.5. The van der Waals surface area contributed by atoms with Crippen LogP contribution in [0.1, 0.15) is 35.8 Å². The summed E-state index contributed by atoms with van der Waals surface area (Å²) < 4.78 is 5.25. The molecule has 3 rings (SSSR count). The normalized spacial score (nSPS) is 22.3. The first-order chi connectivity index (χ1) is 9.04. The maximum Gasteiger partial charge on any atom is 0.230 e. The van der Waals surface area contributed by atoms with Gasteiger partial charge in [0.15, 0.2) is 0 Å². The lowest BCUT2D eigenvalue weighted by atomic mass is 9.82. The van der Waals surface area contributed by atoms with Crippen molar-refractivity contribution in [2.75, 3.05) is 0 Å². The lowest BCUT2D eigenvalue weighted by molar-refractivity contribution is 0.0625. The largest absolute Gasteiger partial charge is 0.507 e. The van der Waals surface area contributed by atoms with Crippen molar-refractivity contribution in [2.24, 2.45) is 0 Å². The third-order valence-corrected chi connectivity index (χ3v) is 3.65. The van der Waals surface area contributed by atoms with Crippen LogP contribution in [-0.4, -0.2) is 26.5 Å². The molecule has 1 saturated carbocycles. The van der Waals surface area contributed by atoms with E-state index in [1.54, 1.807) is 0 Å². The number of rotatable bonds is 2. The quantitative estimate of drug-likeness (QED) is 0.866. The molecule has 100 valence electrons. The number of hydrogen-bond acceptors (Lipinski definition) is 5. The third-order valence-electron chi connectivity index (χ3n) is 3.65. The molecule has 0 atom stereocenters. The topological polar surface area (TPSA) is 79.4 Å². The summed E-state index contributed by atoms with van der Waals surface area (Å²) in [7, 11) is 0. The van der Waals surface area contributed by atoms with Gasteiger partial charge < -0.3 is 14.7 Å². The average molecular weight is 260 g/mol. The maximum absolute atomic E-state index is 9.76. The summed E-state index contributed by atoms with van der Waals surface area (Å²) in [5.74, 6) is 1.59. The number of aliphatic hydroxyl groups excluding tert-OH is 1. The van der Waals surface area contributed by atoms with E-state index in [1.807, 2.05) is 26.0 Å². The average Bonchev–Trinajstić information content (AvgIpc) is 2.80. The number of aromatic nitrogens is 2. The zero-order valence-corrected chi connectivity index (χ0v) is 10.9. The fourth-order valence-electron chi connectivity index (χ4n) is 2.39. The van der Waals surface area contributed by atoms with E-state index in [0.717, 1.165) is 16.7 Å². The maximum atomic E-state index is 9.76. The van der Waals surface area contributed by atoms with Gasteiger partial charge in [0, 0.05) is 11.5 Å². The molecule has 5 nitrogen and oxygen atoms in total. The minimum Gasteiger partial charge on any atom is -0.507 e. The zero-order chi connectivity index (χ0) is 13.6. The summed E-state index contributed by atoms with van der Waals surface area (Å²) in [6, 6.07) is 3.68. The van der Waals surface area contributed by atoms with Gasteiger partial charge in [-0.05, 0) is 49.9 Å². The van der Waals surface area contributed by atoms with Gasteiger partial charge in [0.1, 0.15) is 5.75 Å². The van der Waals surface area contributed by atoms with Gasteiger partial charge in [-0.3, -0.25) is 0 Å². The molecule has 2 aromatic rings. The Hall–Kier alpha value is -1.88. The Morgan fingerprint density at radius 2 is 1.84 bits per heavy atom. The predicted octanol–water partition coefficient (Wildman–Crippen LogP) is 2.30. The number of hydrogen-bond donors (Lipinski definition) is 2. The summed E-state index contributed by atoms with van der Waals surface area (Å²) >= 11 is 0. The molecule has 19 heavy (non-hydrogen) atoms. The van der Waals surface area contributed by atoms with Crippen LogP contribution in [0.4, 0.5) is 0 Å². The molecular weight excluding hydrogens is 244 g/mol. The molecule has 2 N–H and O–H groups in total. The fraction of sp³-hybridized carbons (Fsp3) is 0.429. The standard InChI is InChI=1S/C14H16N2O3/c1-7-3-9(4-8(2)12(7)18)13-15-14(19-16-13)10-5-11(17)6-10/h3-4,10-11,17-18H,5-6H2,1-2H3. The Kier molecular flexibility index (Phi) is 2.78. The van der Waals surface area contributed by atoms with E-state index in [-0.39, 0.29) is 12.0 Å². The van der Waals surface area contributed by atoms with E-state index in [1.165, 1.54) is 0 Å². The van der Waals surface area contributed by atoms with E-state index in [2.05, 4.69) is 10.1 Å². The van der Waals surface area contributed by atoms with Crippen molar-refractivity contribution in [3.63, 3.8) is 0 Å². The summed E-state index contributed by atoms with van der Waals surface area (Å²) in [6.07, 6.45) is 1.14. The van der Waals surface area contributed by atoms with Gasteiger partial charge in [0.25, 0.3) is 0 Å². The number of phenols is 1. The first kappa shape index (κ1) is 12.2. The van der Waals surface area contributed by atoms with Crippen LogP contribution < -0.4 is 0 Å². The summed E-state index contributed by atoms with van der Waals surface area (Å²) in [5, 5.41) is 23.0. The highest BCUT2D eigenvalue weighted by molar-refractivity contribution is 5.60. The second kappa shape index (κ2) is 4.35. The molecule has 0 bridgehead atoms. The van der Waals surface area contributed by atoms with Gasteiger partial charge in [0.05, 0.1) is 6.10 Å². The SMILES string of the molecule is Cc1cc(-c2noc(C3CC(O)C3)n2)cc(C)c1O. The second-order valence-electron chi connectivity index (χ2n) is 5.24. The van der Waals surface area contributed by atoms with Gasteiger partial charge in [0.2, 0.25) is 11.7 Å². The molecule has 1 aromatic carbocycles. The highest BCUT2D eigenvalue weighted by Gasteiger charge is 2.33. The molecule has 0 saturated heterocycles. The van der Waals surface area contributed by atoms with E-state index in [0.29, 0.717) is 30.3 Å². The highest BCUT2D eigenvalue weighted by Crippen LogP contribution is 2.36. The molecule has 1 aliphatic rings. The number of phenolic OH excluding ortho intramolecular Hbond substituents is 1. The molecule has 1 aliphatic carbocycles. The van der Waals surface area contributed by atoms with Gasteiger partial charge in [-0.2, -0.15) is 4.98 Å². The van der Waals surface area contributed by atoms with Crippen molar-refractivity contribution in [1.82, 2.24) is 10.1 Å². The minimum absolute atomic E-state index is 0.176. The van der Waals surface area contributed by atoms with Crippen molar-refractivity contribution in [3.8, 4) is 17.1 Å². The minimum atomic E-state index is -0.237. The molecule has 0 amide bonds. The van der Waals surface area contributed by atoms with Crippen LogP contribution >= 0.6 is 0 Å². The molecule has 5 heteroatoms. The van der Waals surface area contributed by atoms with Crippen molar-refractivity contribution in [3.05, 3.63) is 29.2 Å². The zero-order valence-electron chi connectivity index (χ0n) is 10.9. The molecule has 0 aliphatic heterocycles. The number of benzene rings is 1. The van der Waals surface area contributed by atoms with Crippen LogP contribution in [0.5, 0.6) is 5.75 Å². The predicted molar refractivity (Wildman–Crippen MR) is 68.9 cm³/mol. The van der Waals surface area contributed by atoms with Gasteiger partial charge in [-0.25, -0.2) is 0 Å². The van der Waals surface area contributed by atoms with Crippen molar-refractivity contribution >= 4 is 0 Å². The lowest BCUT2D eigenvalue weighted by Gasteiger charge is -2.27. The number of aryl methyl sites for hydroxylation is 2. The molecule has 1 aromatic heterocycles. The van der Waals surface area contributed by atoms with E-state index in [4.69, 9.17) is 4.52 Å². The van der Waals surface area contributed by atoms with Gasteiger partial charge in [-0.1, -0.05) is 5.16 Å². The Bertz CT molecular complexity index is 592. The van der Waals surface area contributed by atoms with E-state index in [9.17, 15) is 10.2 Å². The monoisotopic (exact) mass is 260 g/mol. The van der Waals surface area contributed by atoms with Crippen molar-refractivity contribution in [1.29, 1.82) is 0 Å². The smallest absolute Gasteiger partial charge is 0.230 e. The van der Waals surface area contributed by atoms with Crippen LogP contribution in [0, 0.1) is 13.8 Å². The number of aliphatic hydroxyl groups is 1. The molecular formula is C14H16N2O3. The Balaban J connectivity index is 1.90. The first-order valence-corrected chi connectivity index (χ1v) is 6.37. The van der Waals surface area contributed by atoms with E-state index < -0.39 is 0 Å². The number of nitrogens with zero attached hydrogens (tertiary/aromatic N) is 2. The summed E-state index contributed by atoms with van der Waals surface area (Å²) in [5.41, 5.74) is 2.42. The second-order valence-corrected chi connectivity index (χ2v) is 5.24. The Morgan fingerprint density at radius 1 is 1.21 bits per heavy atom. The van der Waals surface area contributed by atoms with Crippen LogP contribution in [0.2, 0.25) is 0 Å². The first-order valence-electron chi connectivity index (χ1n) is 6.37. The third kappa shape index (κ3) is 2.10. The van der Waals surface area contributed by atoms with E-state index >= 15 is 0 Å². The molecule has 1 fully saturated rings. The van der Waals surface area contributed by atoms with Gasteiger partial charge in [-0.15, -0.1) is 0 Å². The summed E-state index contributed by atoms with van der Waals surface area (Å²) in [6.45, 7) is 3.68. The summed E-state index contributed by atoms with van der Waals surface area (Å²) in [4.78, 5) is 4.38. The Labute approximate surface area is 110 Å². The lowest BCUT2D eigenvalue weighted by Crippen LogP contribution is -2.26. The molecule has 1 heterocycles. The van der Waals surface area contributed by atoms with Crippen LogP contribution in [-0.2, 0) is 0 Å². The van der Waals surface area contributed by atoms with Gasteiger partial charge >= 0.3 is 0 Å². The molecule has 0 spiro atoms. The molecule has 0 unspecified atom stereocenters. The molecule has 0 radical (unpaired) electrons. The van der Waals surface area contributed by atoms with Crippen molar-refractivity contribution < 1.29 is 14.7 Å². The van der Waals surface area contributed by atoms with Crippen LogP contribution in [0.15, 0.2) is 16.7 Å². The van der Waals surface area contributed by atoms with Crippen LogP contribution in [0.3, 0.4) is 0 Å². The fourth-order valence-corrected chi connectivity index (χ4v) is 2.39. The van der Waals surface area contributed by atoms with Crippen molar-refractivity contribution in [2.45, 2.75) is 38.7 Å². The number of aromatic hydroxyl groups is 1.